The van der Waals surface area contributed by atoms with Crippen LogP contribution in [0.4, 0.5) is 5.69 Å². The molecule has 2 rings (SSSR count). The van der Waals surface area contributed by atoms with Gasteiger partial charge in [0, 0.05) is 12.6 Å². The van der Waals surface area contributed by atoms with E-state index >= 15 is 0 Å². The lowest BCUT2D eigenvalue weighted by Crippen LogP contribution is -2.22. The average molecular weight is 293 g/mol. The van der Waals surface area contributed by atoms with Crippen molar-refractivity contribution in [1.29, 1.82) is 0 Å². The predicted molar refractivity (Wildman–Crippen MR) is 84.2 cm³/mol. The summed E-state index contributed by atoms with van der Waals surface area (Å²) in [6.45, 7) is 5.69. The molecule has 0 spiro atoms. The Hall–Kier alpha value is -1.45. The number of hydrogen-bond acceptors (Lipinski definition) is 3. The van der Waals surface area contributed by atoms with Gasteiger partial charge in [-0.05, 0) is 50.1 Å². The summed E-state index contributed by atoms with van der Waals surface area (Å²) in [6, 6.07) is 10.2. The highest BCUT2D eigenvalue weighted by atomic mass is 35.5. The van der Waals surface area contributed by atoms with E-state index in [9.17, 15) is 0 Å². The first-order valence-electron chi connectivity index (χ1n) is 6.91. The average Bonchev–Trinajstić information content (AvgIpc) is 2.89. The molecule has 0 radical (unpaired) electrons. The Morgan fingerprint density at radius 3 is 2.70 bits per heavy atom. The van der Waals surface area contributed by atoms with Crippen LogP contribution in [-0.4, -0.2) is 12.6 Å². The van der Waals surface area contributed by atoms with E-state index in [1.54, 1.807) is 6.26 Å². The molecule has 0 aliphatic carbocycles. The van der Waals surface area contributed by atoms with Crippen LogP contribution < -0.4 is 10.6 Å². The Balaban J connectivity index is 2.17. The summed E-state index contributed by atoms with van der Waals surface area (Å²) in [7, 11) is 0. The van der Waals surface area contributed by atoms with Gasteiger partial charge in [-0.25, -0.2) is 0 Å². The summed E-state index contributed by atoms with van der Waals surface area (Å²) in [6.07, 6.45) is 2.53. The number of nitrogens with zero attached hydrogens (tertiary/aromatic N) is 1. The lowest BCUT2D eigenvalue weighted by Gasteiger charge is -2.23. The summed E-state index contributed by atoms with van der Waals surface area (Å²) < 4.78 is 5.40. The number of nitrogens with two attached hydrogens (primary N) is 1. The molecule has 108 valence electrons. The maximum absolute atomic E-state index is 6.41. The highest BCUT2D eigenvalue weighted by Crippen LogP contribution is 2.28. The van der Waals surface area contributed by atoms with Gasteiger partial charge >= 0.3 is 0 Å². The molecule has 0 aliphatic rings. The normalized spacial score (nSPS) is 12.4. The Kier molecular flexibility index (Phi) is 5.10. The third-order valence-electron chi connectivity index (χ3n) is 3.22. The van der Waals surface area contributed by atoms with Gasteiger partial charge in [-0.1, -0.05) is 17.7 Å². The molecule has 0 saturated carbocycles. The van der Waals surface area contributed by atoms with Crippen molar-refractivity contribution in [1.82, 2.24) is 0 Å². The Morgan fingerprint density at radius 2 is 2.15 bits per heavy atom. The van der Waals surface area contributed by atoms with Gasteiger partial charge in [0.05, 0.1) is 23.5 Å². The molecule has 0 amide bonds. The van der Waals surface area contributed by atoms with E-state index < -0.39 is 0 Å². The predicted octanol–water partition coefficient (Wildman–Crippen LogP) is 3.85. The quantitative estimate of drug-likeness (QED) is 0.879. The monoisotopic (exact) mass is 292 g/mol. The van der Waals surface area contributed by atoms with Gasteiger partial charge in [0.1, 0.15) is 5.76 Å². The van der Waals surface area contributed by atoms with E-state index in [4.69, 9.17) is 21.8 Å². The minimum atomic E-state index is 0.141. The number of halogens is 1. The van der Waals surface area contributed by atoms with Gasteiger partial charge in [0.15, 0.2) is 0 Å². The molecule has 2 aromatic rings. The van der Waals surface area contributed by atoms with Gasteiger partial charge in [-0.3, -0.25) is 0 Å². The smallest absolute Gasteiger partial charge is 0.123 e. The van der Waals surface area contributed by atoms with Crippen LogP contribution in [0.2, 0.25) is 5.02 Å². The zero-order valence-electron chi connectivity index (χ0n) is 12.0. The van der Waals surface area contributed by atoms with Crippen LogP contribution in [0.5, 0.6) is 0 Å². The maximum atomic E-state index is 6.41. The Labute approximate surface area is 125 Å². The fraction of sp³-hybridized carbons (Fsp3) is 0.375. The SMILES string of the molecule is CCN(Cc1ccco1)c1ccc(CC(C)N)cc1Cl. The van der Waals surface area contributed by atoms with E-state index in [1.165, 1.54) is 5.56 Å². The van der Waals surface area contributed by atoms with E-state index in [0.717, 1.165) is 36.0 Å². The Morgan fingerprint density at radius 1 is 1.35 bits per heavy atom. The molecule has 3 nitrogen and oxygen atoms in total. The van der Waals surface area contributed by atoms with Crippen LogP contribution in [0.15, 0.2) is 41.0 Å². The molecule has 1 unspecified atom stereocenters. The molecular weight excluding hydrogens is 272 g/mol. The van der Waals surface area contributed by atoms with E-state index in [-0.39, 0.29) is 6.04 Å². The molecule has 20 heavy (non-hydrogen) atoms. The van der Waals surface area contributed by atoms with Crippen molar-refractivity contribution in [3.8, 4) is 0 Å². The second kappa shape index (κ2) is 6.82. The first-order chi connectivity index (χ1) is 9.60. The van der Waals surface area contributed by atoms with Gasteiger partial charge in [0.2, 0.25) is 0 Å². The van der Waals surface area contributed by atoms with Crippen LogP contribution in [0.3, 0.4) is 0 Å². The third kappa shape index (κ3) is 3.78. The number of anilines is 1. The molecule has 0 aliphatic heterocycles. The summed E-state index contributed by atoms with van der Waals surface area (Å²) in [5.41, 5.74) is 8.02. The van der Waals surface area contributed by atoms with Gasteiger partial charge < -0.3 is 15.1 Å². The minimum absolute atomic E-state index is 0.141. The molecular formula is C16H21ClN2O. The number of rotatable bonds is 6. The van der Waals surface area contributed by atoms with Crippen molar-refractivity contribution < 1.29 is 4.42 Å². The molecule has 1 atom stereocenters. The van der Waals surface area contributed by atoms with Crippen molar-refractivity contribution in [2.24, 2.45) is 5.73 Å². The second-order valence-electron chi connectivity index (χ2n) is 5.06. The second-order valence-corrected chi connectivity index (χ2v) is 5.47. The van der Waals surface area contributed by atoms with Crippen LogP contribution >= 0.6 is 11.6 Å². The maximum Gasteiger partial charge on any atom is 0.123 e. The standard InChI is InChI=1S/C16H21ClN2O/c1-3-19(11-14-5-4-8-20-14)16-7-6-13(9-12(2)18)10-15(16)17/h4-8,10,12H,3,9,11,18H2,1-2H3. The summed E-state index contributed by atoms with van der Waals surface area (Å²) in [4.78, 5) is 2.19. The molecule has 1 aromatic carbocycles. The highest BCUT2D eigenvalue weighted by Gasteiger charge is 2.11. The lowest BCUT2D eigenvalue weighted by atomic mass is 10.1. The largest absolute Gasteiger partial charge is 0.467 e. The zero-order chi connectivity index (χ0) is 14.5. The number of hydrogen-bond donors (Lipinski definition) is 1. The first-order valence-corrected chi connectivity index (χ1v) is 7.29. The highest BCUT2D eigenvalue weighted by molar-refractivity contribution is 6.33. The van der Waals surface area contributed by atoms with Crippen LogP contribution in [0, 0.1) is 0 Å². The first kappa shape index (κ1) is 14.9. The summed E-state index contributed by atoms with van der Waals surface area (Å²) in [5.74, 6) is 0.933. The van der Waals surface area contributed by atoms with Crippen LogP contribution in [-0.2, 0) is 13.0 Å². The molecule has 1 heterocycles. The van der Waals surface area contributed by atoms with Crippen molar-refractivity contribution in [3.05, 3.63) is 52.9 Å². The molecule has 0 fully saturated rings. The third-order valence-corrected chi connectivity index (χ3v) is 3.52. The van der Waals surface area contributed by atoms with Crippen LogP contribution in [0.1, 0.15) is 25.2 Å². The summed E-state index contributed by atoms with van der Waals surface area (Å²) in [5, 5.41) is 0.761. The van der Waals surface area contributed by atoms with Gasteiger partial charge in [0.25, 0.3) is 0 Å². The fourth-order valence-corrected chi connectivity index (χ4v) is 2.59. The van der Waals surface area contributed by atoms with Crippen LogP contribution in [0.25, 0.3) is 0 Å². The van der Waals surface area contributed by atoms with Gasteiger partial charge in [-0.15, -0.1) is 0 Å². The Bertz CT molecular complexity index is 537. The van der Waals surface area contributed by atoms with E-state index in [0.29, 0.717) is 0 Å². The zero-order valence-corrected chi connectivity index (χ0v) is 12.7. The number of benzene rings is 1. The molecule has 0 bridgehead atoms. The molecule has 1 aromatic heterocycles. The minimum Gasteiger partial charge on any atom is -0.467 e. The fourth-order valence-electron chi connectivity index (χ4n) is 2.26. The van der Waals surface area contributed by atoms with Crippen molar-refractivity contribution >= 4 is 17.3 Å². The van der Waals surface area contributed by atoms with Crippen molar-refractivity contribution in [2.45, 2.75) is 32.9 Å². The van der Waals surface area contributed by atoms with Crippen molar-refractivity contribution in [2.75, 3.05) is 11.4 Å². The van der Waals surface area contributed by atoms with Crippen molar-refractivity contribution in [3.63, 3.8) is 0 Å². The molecule has 4 heteroatoms. The van der Waals surface area contributed by atoms with E-state index in [1.807, 2.05) is 25.1 Å². The van der Waals surface area contributed by atoms with E-state index in [2.05, 4.69) is 24.0 Å². The van der Waals surface area contributed by atoms with Gasteiger partial charge in [-0.2, -0.15) is 0 Å². The lowest BCUT2D eigenvalue weighted by molar-refractivity contribution is 0.503. The molecule has 0 saturated heterocycles. The molecule has 2 N–H and O–H groups in total. The number of furan rings is 1. The topological polar surface area (TPSA) is 42.4 Å². The summed E-state index contributed by atoms with van der Waals surface area (Å²) >= 11 is 6.41.